The summed E-state index contributed by atoms with van der Waals surface area (Å²) < 4.78 is 0. The van der Waals surface area contributed by atoms with Crippen LogP contribution >= 0.6 is 0 Å². The lowest BCUT2D eigenvalue weighted by Crippen LogP contribution is -2.23. The number of pyridine rings is 1. The largest absolute Gasteiger partial charge is 0.370 e. The average molecular weight is 293 g/mol. The van der Waals surface area contributed by atoms with Crippen molar-refractivity contribution in [3.63, 3.8) is 0 Å². The van der Waals surface area contributed by atoms with Crippen molar-refractivity contribution >= 4 is 22.8 Å². The lowest BCUT2D eigenvalue weighted by Gasteiger charge is -2.15. The first-order valence-electron chi connectivity index (χ1n) is 7.73. The van der Waals surface area contributed by atoms with Crippen LogP contribution in [-0.2, 0) is 0 Å². The van der Waals surface area contributed by atoms with Gasteiger partial charge < -0.3 is 15.2 Å². The van der Waals surface area contributed by atoms with Crippen LogP contribution < -0.4 is 10.2 Å². The van der Waals surface area contributed by atoms with Gasteiger partial charge in [-0.3, -0.25) is 0 Å². The predicted octanol–water partition coefficient (Wildman–Crippen LogP) is 2.90. The molecule has 3 aromatic rings. The third kappa shape index (κ3) is 2.62. The highest BCUT2D eigenvalue weighted by Crippen LogP contribution is 2.24. The van der Waals surface area contributed by atoms with E-state index < -0.39 is 0 Å². The van der Waals surface area contributed by atoms with Gasteiger partial charge in [0.2, 0.25) is 5.95 Å². The normalized spacial score (nSPS) is 18.0. The van der Waals surface area contributed by atoms with E-state index in [1.54, 1.807) is 0 Å². The molecule has 1 aromatic carbocycles. The summed E-state index contributed by atoms with van der Waals surface area (Å²) in [4.78, 5) is 14.7. The molecule has 5 nitrogen and oxygen atoms in total. The molecule has 1 atom stereocenters. The maximum atomic E-state index is 4.69. The predicted molar refractivity (Wildman–Crippen MR) is 89.1 cm³/mol. The number of rotatable bonds is 4. The van der Waals surface area contributed by atoms with Crippen LogP contribution in [0.25, 0.3) is 11.0 Å². The molecule has 1 aliphatic rings. The van der Waals surface area contributed by atoms with Gasteiger partial charge in [0.1, 0.15) is 5.82 Å². The molecule has 1 saturated heterocycles. The van der Waals surface area contributed by atoms with Crippen LogP contribution in [0.15, 0.2) is 48.7 Å². The van der Waals surface area contributed by atoms with Crippen molar-refractivity contribution in [2.75, 3.05) is 29.9 Å². The van der Waals surface area contributed by atoms with Crippen molar-refractivity contribution < 1.29 is 0 Å². The third-order valence-corrected chi connectivity index (χ3v) is 4.20. The van der Waals surface area contributed by atoms with Crippen molar-refractivity contribution in [3.8, 4) is 0 Å². The summed E-state index contributed by atoms with van der Waals surface area (Å²) >= 11 is 0. The Morgan fingerprint density at radius 2 is 2.09 bits per heavy atom. The van der Waals surface area contributed by atoms with Gasteiger partial charge in [-0.05, 0) is 36.6 Å². The monoisotopic (exact) mass is 293 g/mol. The summed E-state index contributed by atoms with van der Waals surface area (Å²) in [6.45, 7) is 3.03. The Kier molecular flexibility index (Phi) is 3.39. The first-order chi connectivity index (χ1) is 10.9. The fourth-order valence-electron chi connectivity index (χ4n) is 3.00. The minimum Gasteiger partial charge on any atom is -0.370 e. The number of anilines is 2. The standard InChI is InChI=1S/C17H19N5/c1-2-6-15-14(5-1)20-17(21-15)22-10-8-13(12-22)11-19-16-7-3-4-9-18-16/h1-7,9,13H,8,10-12H2,(H,18,19)(H,20,21). The lowest BCUT2D eigenvalue weighted by atomic mass is 10.1. The minimum absolute atomic E-state index is 0.621. The molecule has 0 radical (unpaired) electrons. The summed E-state index contributed by atoms with van der Waals surface area (Å²) in [5, 5.41) is 3.42. The molecule has 2 aromatic heterocycles. The highest BCUT2D eigenvalue weighted by atomic mass is 15.3. The van der Waals surface area contributed by atoms with E-state index in [-0.39, 0.29) is 0 Å². The Hall–Kier alpha value is -2.56. The molecule has 0 bridgehead atoms. The Labute approximate surface area is 129 Å². The van der Waals surface area contributed by atoms with Crippen LogP contribution in [0.1, 0.15) is 6.42 Å². The molecular weight excluding hydrogens is 274 g/mol. The lowest BCUT2D eigenvalue weighted by molar-refractivity contribution is 0.620. The Balaban J connectivity index is 1.39. The van der Waals surface area contributed by atoms with E-state index in [2.05, 4.69) is 31.2 Å². The molecule has 22 heavy (non-hydrogen) atoms. The van der Waals surface area contributed by atoms with Crippen molar-refractivity contribution in [1.29, 1.82) is 0 Å². The van der Waals surface area contributed by atoms with Gasteiger partial charge in [-0.25, -0.2) is 9.97 Å². The molecular formula is C17H19N5. The van der Waals surface area contributed by atoms with Crippen LogP contribution in [0.5, 0.6) is 0 Å². The molecule has 1 aliphatic heterocycles. The number of benzene rings is 1. The first kappa shape index (κ1) is 13.1. The van der Waals surface area contributed by atoms with Gasteiger partial charge in [0, 0.05) is 25.8 Å². The quantitative estimate of drug-likeness (QED) is 0.776. The zero-order valence-electron chi connectivity index (χ0n) is 12.4. The Morgan fingerprint density at radius 1 is 1.18 bits per heavy atom. The number of hydrogen-bond acceptors (Lipinski definition) is 4. The fraction of sp³-hybridized carbons (Fsp3) is 0.294. The van der Waals surface area contributed by atoms with Crippen LogP contribution in [0.2, 0.25) is 0 Å². The number of para-hydroxylation sites is 2. The van der Waals surface area contributed by atoms with Crippen molar-refractivity contribution in [3.05, 3.63) is 48.7 Å². The van der Waals surface area contributed by atoms with Crippen LogP contribution in [-0.4, -0.2) is 34.6 Å². The van der Waals surface area contributed by atoms with E-state index in [1.807, 2.05) is 42.6 Å². The maximum absolute atomic E-state index is 4.69. The molecule has 0 amide bonds. The number of aromatic amines is 1. The van der Waals surface area contributed by atoms with E-state index in [4.69, 9.17) is 0 Å². The second kappa shape index (κ2) is 5.67. The van der Waals surface area contributed by atoms with Gasteiger partial charge in [-0.2, -0.15) is 0 Å². The zero-order valence-corrected chi connectivity index (χ0v) is 12.4. The number of nitrogens with one attached hydrogen (secondary N) is 2. The number of aromatic nitrogens is 3. The summed E-state index contributed by atoms with van der Waals surface area (Å²) in [7, 11) is 0. The molecule has 2 N–H and O–H groups in total. The molecule has 112 valence electrons. The second-order valence-electron chi connectivity index (χ2n) is 5.77. The Morgan fingerprint density at radius 3 is 2.95 bits per heavy atom. The zero-order chi connectivity index (χ0) is 14.8. The van der Waals surface area contributed by atoms with Crippen LogP contribution in [0, 0.1) is 5.92 Å². The summed E-state index contributed by atoms with van der Waals surface area (Å²) in [6.07, 6.45) is 2.99. The van der Waals surface area contributed by atoms with Gasteiger partial charge >= 0.3 is 0 Å². The van der Waals surface area contributed by atoms with Gasteiger partial charge in [0.15, 0.2) is 0 Å². The van der Waals surface area contributed by atoms with Gasteiger partial charge in [-0.1, -0.05) is 18.2 Å². The first-order valence-corrected chi connectivity index (χ1v) is 7.73. The molecule has 0 spiro atoms. The molecule has 5 heteroatoms. The van der Waals surface area contributed by atoms with E-state index >= 15 is 0 Å². The summed E-state index contributed by atoms with van der Waals surface area (Å²) in [6, 6.07) is 14.1. The minimum atomic E-state index is 0.621. The molecule has 3 heterocycles. The maximum Gasteiger partial charge on any atom is 0.203 e. The van der Waals surface area contributed by atoms with Crippen molar-refractivity contribution in [1.82, 2.24) is 15.0 Å². The average Bonchev–Trinajstić information content (AvgIpc) is 3.20. The molecule has 1 unspecified atom stereocenters. The number of hydrogen-bond donors (Lipinski definition) is 2. The van der Waals surface area contributed by atoms with Crippen molar-refractivity contribution in [2.45, 2.75) is 6.42 Å². The van der Waals surface area contributed by atoms with E-state index in [1.165, 1.54) is 6.42 Å². The van der Waals surface area contributed by atoms with E-state index in [0.29, 0.717) is 5.92 Å². The highest BCUT2D eigenvalue weighted by Gasteiger charge is 2.24. The molecule has 0 saturated carbocycles. The van der Waals surface area contributed by atoms with Gasteiger partial charge in [0.25, 0.3) is 0 Å². The number of H-pyrrole nitrogens is 1. The smallest absolute Gasteiger partial charge is 0.203 e. The number of fused-ring (bicyclic) bond motifs is 1. The summed E-state index contributed by atoms with van der Waals surface area (Å²) in [5.74, 6) is 2.56. The molecule has 4 rings (SSSR count). The van der Waals surface area contributed by atoms with Crippen LogP contribution in [0.3, 0.4) is 0 Å². The van der Waals surface area contributed by atoms with Crippen LogP contribution in [0.4, 0.5) is 11.8 Å². The van der Waals surface area contributed by atoms with E-state index in [9.17, 15) is 0 Å². The van der Waals surface area contributed by atoms with E-state index in [0.717, 1.165) is 42.4 Å². The van der Waals surface area contributed by atoms with Crippen molar-refractivity contribution in [2.24, 2.45) is 5.92 Å². The van der Waals surface area contributed by atoms with Gasteiger partial charge in [-0.15, -0.1) is 0 Å². The molecule has 1 fully saturated rings. The topological polar surface area (TPSA) is 56.8 Å². The third-order valence-electron chi connectivity index (χ3n) is 4.20. The number of nitrogens with zero attached hydrogens (tertiary/aromatic N) is 3. The number of imidazole rings is 1. The molecule has 0 aliphatic carbocycles. The fourth-order valence-corrected chi connectivity index (χ4v) is 3.00. The second-order valence-corrected chi connectivity index (χ2v) is 5.77. The van der Waals surface area contributed by atoms with Gasteiger partial charge in [0.05, 0.1) is 11.0 Å². The Bertz CT molecular complexity index is 719. The summed E-state index contributed by atoms with van der Waals surface area (Å²) in [5.41, 5.74) is 2.14. The highest BCUT2D eigenvalue weighted by molar-refractivity contribution is 5.77. The SMILES string of the molecule is c1ccc(NCC2CCN(c3nc4ccccc4[nH]3)C2)nc1.